The number of rotatable bonds is 3. The fourth-order valence-corrected chi connectivity index (χ4v) is 1.81. The quantitative estimate of drug-likeness (QED) is 0.512. The summed E-state index contributed by atoms with van der Waals surface area (Å²) < 4.78 is 13.6. The van der Waals surface area contributed by atoms with Gasteiger partial charge >= 0.3 is 0 Å². The lowest BCUT2D eigenvalue weighted by Gasteiger charge is -2.06. The third-order valence-electron chi connectivity index (χ3n) is 2.58. The number of nitrogens with two attached hydrogens (primary N) is 1. The molecule has 2 aromatic rings. The second-order valence-corrected chi connectivity index (χ2v) is 4.48. The Bertz CT molecular complexity index is 588. The molecule has 0 unspecified atom stereocenters. The van der Waals surface area contributed by atoms with Crippen molar-refractivity contribution in [2.45, 2.75) is 6.92 Å². The van der Waals surface area contributed by atoms with Crippen molar-refractivity contribution < 1.29 is 4.39 Å². The molecule has 0 bridgehead atoms. The molecule has 2 aromatic carbocycles. The number of hydrogen-bond donors (Lipinski definition) is 2. The van der Waals surface area contributed by atoms with Crippen molar-refractivity contribution in [3.05, 3.63) is 64.4 Å². The van der Waals surface area contributed by atoms with Crippen molar-refractivity contribution in [3.63, 3.8) is 0 Å². The first-order valence-corrected chi connectivity index (χ1v) is 6.06. The van der Waals surface area contributed by atoms with Crippen LogP contribution in [0.2, 0.25) is 5.02 Å². The van der Waals surface area contributed by atoms with Crippen LogP contribution in [-0.2, 0) is 0 Å². The van der Waals surface area contributed by atoms with Gasteiger partial charge < -0.3 is 5.73 Å². The van der Waals surface area contributed by atoms with Crippen molar-refractivity contribution in [1.29, 1.82) is 0 Å². The van der Waals surface area contributed by atoms with E-state index in [1.54, 1.807) is 6.07 Å². The van der Waals surface area contributed by atoms with Crippen LogP contribution in [-0.4, -0.2) is 5.84 Å². The Morgan fingerprint density at radius 1 is 1.21 bits per heavy atom. The molecule has 0 amide bonds. The average Bonchev–Trinajstić information content (AvgIpc) is 2.38. The molecule has 0 radical (unpaired) electrons. The first-order valence-electron chi connectivity index (χ1n) is 5.68. The molecule has 3 nitrogen and oxygen atoms in total. The molecule has 0 atom stereocenters. The number of amidine groups is 1. The van der Waals surface area contributed by atoms with Gasteiger partial charge in [0.05, 0.1) is 16.3 Å². The zero-order valence-electron chi connectivity index (χ0n) is 10.3. The predicted molar refractivity (Wildman–Crippen MR) is 76.9 cm³/mol. The Balaban J connectivity index is 2.22. The Morgan fingerprint density at radius 2 is 1.89 bits per heavy atom. The second-order valence-electron chi connectivity index (χ2n) is 4.07. The summed E-state index contributed by atoms with van der Waals surface area (Å²) in [7, 11) is 0. The zero-order chi connectivity index (χ0) is 13.8. The smallest absolute Gasteiger partial charge is 0.155 e. The summed E-state index contributed by atoms with van der Waals surface area (Å²) >= 11 is 5.90. The lowest BCUT2D eigenvalue weighted by Crippen LogP contribution is -2.17. The maximum absolute atomic E-state index is 13.6. The van der Waals surface area contributed by atoms with E-state index in [0.717, 1.165) is 11.3 Å². The molecular formula is C14H13ClFN3. The van der Waals surface area contributed by atoms with E-state index in [1.807, 2.05) is 31.2 Å². The van der Waals surface area contributed by atoms with Gasteiger partial charge in [-0.3, -0.25) is 5.43 Å². The van der Waals surface area contributed by atoms with Gasteiger partial charge in [0.15, 0.2) is 5.84 Å². The molecule has 3 N–H and O–H groups in total. The van der Waals surface area contributed by atoms with E-state index < -0.39 is 5.82 Å². The Morgan fingerprint density at radius 3 is 2.53 bits per heavy atom. The first-order chi connectivity index (χ1) is 9.08. The first kappa shape index (κ1) is 13.4. The number of anilines is 1. The largest absolute Gasteiger partial charge is 0.382 e. The Kier molecular flexibility index (Phi) is 4.02. The van der Waals surface area contributed by atoms with Gasteiger partial charge in [-0.2, -0.15) is 5.10 Å². The molecule has 2 rings (SSSR count). The molecule has 5 heteroatoms. The molecule has 0 aliphatic carbocycles. The normalized spacial score (nSPS) is 11.4. The van der Waals surface area contributed by atoms with Crippen molar-refractivity contribution >= 4 is 23.1 Å². The highest BCUT2D eigenvalue weighted by Gasteiger charge is 2.10. The fourth-order valence-electron chi connectivity index (χ4n) is 1.55. The van der Waals surface area contributed by atoms with Crippen LogP contribution >= 0.6 is 11.6 Å². The van der Waals surface area contributed by atoms with E-state index in [9.17, 15) is 4.39 Å². The van der Waals surface area contributed by atoms with Gasteiger partial charge in [-0.15, -0.1) is 0 Å². The van der Waals surface area contributed by atoms with Crippen LogP contribution in [0.25, 0.3) is 0 Å². The van der Waals surface area contributed by atoms with E-state index in [0.29, 0.717) is 0 Å². The third kappa shape index (κ3) is 3.23. The highest BCUT2D eigenvalue weighted by Crippen LogP contribution is 2.18. The molecule has 19 heavy (non-hydrogen) atoms. The monoisotopic (exact) mass is 277 g/mol. The van der Waals surface area contributed by atoms with Gasteiger partial charge in [0.25, 0.3) is 0 Å². The lowest BCUT2D eigenvalue weighted by atomic mass is 10.2. The molecule has 0 fully saturated rings. The van der Waals surface area contributed by atoms with Gasteiger partial charge in [0.1, 0.15) is 5.82 Å². The highest BCUT2D eigenvalue weighted by molar-refractivity contribution is 6.34. The zero-order valence-corrected chi connectivity index (χ0v) is 11.1. The number of halogens is 2. The fraction of sp³-hybridized carbons (Fsp3) is 0.0714. The molecule has 0 aromatic heterocycles. The van der Waals surface area contributed by atoms with Gasteiger partial charge in [-0.25, -0.2) is 4.39 Å². The number of aryl methyl sites for hydroxylation is 1. The van der Waals surface area contributed by atoms with Crippen LogP contribution in [0.3, 0.4) is 0 Å². The maximum atomic E-state index is 13.6. The van der Waals surface area contributed by atoms with E-state index >= 15 is 0 Å². The summed E-state index contributed by atoms with van der Waals surface area (Å²) in [6.45, 7) is 1.99. The van der Waals surface area contributed by atoms with Crippen molar-refractivity contribution in [1.82, 2.24) is 0 Å². The van der Waals surface area contributed by atoms with Crippen LogP contribution in [0, 0.1) is 12.7 Å². The lowest BCUT2D eigenvalue weighted by molar-refractivity contribution is 0.625. The van der Waals surface area contributed by atoms with Crippen molar-refractivity contribution in [3.8, 4) is 0 Å². The number of nitrogens with zero attached hydrogens (tertiary/aromatic N) is 1. The van der Waals surface area contributed by atoms with E-state index in [2.05, 4.69) is 10.5 Å². The molecule has 0 aliphatic rings. The molecule has 98 valence electrons. The SMILES string of the molecule is Cc1ccc(N/N=C(\N)c2c(F)cccc2Cl)cc1. The van der Waals surface area contributed by atoms with Crippen molar-refractivity contribution in [2.75, 3.05) is 5.43 Å². The third-order valence-corrected chi connectivity index (χ3v) is 2.89. The van der Waals surface area contributed by atoms with Crippen LogP contribution in [0.1, 0.15) is 11.1 Å². The topological polar surface area (TPSA) is 50.4 Å². The minimum atomic E-state index is -0.501. The molecular weight excluding hydrogens is 265 g/mol. The predicted octanol–water partition coefficient (Wildman–Crippen LogP) is 3.52. The molecule has 0 saturated heterocycles. The van der Waals surface area contributed by atoms with Crippen LogP contribution in [0.5, 0.6) is 0 Å². The summed E-state index contributed by atoms with van der Waals surface area (Å²) in [6, 6.07) is 11.9. The minimum absolute atomic E-state index is 0.00340. The average molecular weight is 278 g/mol. The number of benzene rings is 2. The highest BCUT2D eigenvalue weighted by atomic mass is 35.5. The van der Waals surface area contributed by atoms with Gasteiger partial charge in [-0.1, -0.05) is 35.4 Å². The van der Waals surface area contributed by atoms with Crippen LogP contribution < -0.4 is 11.2 Å². The van der Waals surface area contributed by atoms with Gasteiger partial charge in [0.2, 0.25) is 0 Å². The molecule has 0 heterocycles. The Labute approximate surface area is 115 Å². The summed E-state index contributed by atoms with van der Waals surface area (Å²) in [5.74, 6) is -0.497. The number of hydrogen-bond acceptors (Lipinski definition) is 2. The number of nitrogens with one attached hydrogen (secondary N) is 1. The van der Waals surface area contributed by atoms with Gasteiger partial charge in [-0.05, 0) is 31.2 Å². The second kappa shape index (κ2) is 5.71. The van der Waals surface area contributed by atoms with Gasteiger partial charge in [0, 0.05) is 0 Å². The summed E-state index contributed by atoms with van der Waals surface area (Å²) in [5.41, 5.74) is 10.5. The number of hydrazone groups is 1. The van der Waals surface area contributed by atoms with E-state index in [4.69, 9.17) is 17.3 Å². The summed E-state index contributed by atoms with van der Waals surface area (Å²) in [4.78, 5) is 0. The summed E-state index contributed by atoms with van der Waals surface area (Å²) in [5, 5.41) is 4.16. The minimum Gasteiger partial charge on any atom is -0.382 e. The van der Waals surface area contributed by atoms with E-state index in [1.165, 1.54) is 12.1 Å². The standard InChI is InChI=1S/C14H13ClFN3/c1-9-5-7-10(8-6-9)18-19-14(17)13-11(15)3-2-4-12(13)16/h2-8,18H,1H3,(H2,17,19). The molecule has 0 saturated carbocycles. The molecule has 0 aliphatic heterocycles. The van der Waals surface area contributed by atoms with E-state index in [-0.39, 0.29) is 16.4 Å². The molecule has 0 spiro atoms. The Hall–Kier alpha value is -2.07. The van der Waals surface area contributed by atoms with Crippen LogP contribution in [0.4, 0.5) is 10.1 Å². The van der Waals surface area contributed by atoms with Crippen molar-refractivity contribution in [2.24, 2.45) is 10.8 Å². The summed E-state index contributed by atoms with van der Waals surface area (Å²) in [6.07, 6.45) is 0. The maximum Gasteiger partial charge on any atom is 0.155 e. The van der Waals surface area contributed by atoms with Crippen LogP contribution in [0.15, 0.2) is 47.6 Å².